The lowest BCUT2D eigenvalue weighted by atomic mass is 9.98. The van der Waals surface area contributed by atoms with E-state index in [1.807, 2.05) is 23.1 Å². The summed E-state index contributed by atoms with van der Waals surface area (Å²) in [5.74, 6) is 1.06. The predicted octanol–water partition coefficient (Wildman–Crippen LogP) is 3.25. The van der Waals surface area contributed by atoms with E-state index in [9.17, 15) is 4.79 Å². The molecule has 1 aromatic rings. The summed E-state index contributed by atoms with van der Waals surface area (Å²) in [5.41, 5.74) is 1.25. The fraction of sp³-hybridized carbons (Fsp3) is 0.533. The molecule has 1 fully saturated rings. The number of carbonyl (C=O) groups excluding carboxylic acids is 1. The number of likely N-dealkylation sites (tertiary alicyclic amines) is 1. The van der Waals surface area contributed by atoms with Gasteiger partial charge in [0.05, 0.1) is 0 Å². The van der Waals surface area contributed by atoms with E-state index in [0.29, 0.717) is 12.3 Å². The first kappa shape index (κ1) is 13.6. The first-order valence-corrected chi connectivity index (χ1v) is 7.79. The Kier molecular flexibility index (Phi) is 5.24. The molecule has 1 heterocycles. The van der Waals surface area contributed by atoms with Gasteiger partial charge in [-0.25, -0.2) is 0 Å². The van der Waals surface area contributed by atoms with E-state index >= 15 is 0 Å². The van der Waals surface area contributed by atoms with E-state index < -0.39 is 0 Å². The number of amides is 1. The van der Waals surface area contributed by atoms with Crippen molar-refractivity contribution >= 4 is 21.8 Å². The smallest absolute Gasteiger partial charge is 0.222 e. The topological polar surface area (TPSA) is 20.3 Å². The minimum absolute atomic E-state index is 0.312. The number of aryl methyl sites for hydroxylation is 1. The van der Waals surface area contributed by atoms with Crippen LogP contribution in [0.1, 0.15) is 24.8 Å². The summed E-state index contributed by atoms with van der Waals surface area (Å²) in [4.78, 5) is 14.1. The highest BCUT2D eigenvalue weighted by atomic mass is 79.9. The zero-order valence-electron chi connectivity index (χ0n) is 10.6. The minimum Gasteiger partial charge on any atom is -0.343 e. The lowest BCUT2D eigenvalue weighted by Crippen LogP contribution is -2.38. The van der Waals surface area contributed by atoms with Crippen molar-refractivity contribution in [2.45, 2.75) is 25.7 Å². The van der Waals surface area contributed by atoms with Gasteiger partial charge < -0.3 is 4.90 Å². The summed E-state index contributed by atoms with van der Waals surface area (Å²) in [6.45, 7) is 1.87. The van der Waals surface area contributed by atoms with Gasteiger partial charge in [0.1, 0.15) is 0 Å². The third kappa shape index (κ3) is 3.84. The zero-order chi connectivity index (χ0) is 12.8. The van der Waals surface area contributed by atoms with Gasteiger partial charge >= 0.3 is 0 Å². The van der Waals surface area contributed by atoms with Crippen LogP contribution in [-0.2, 0) is 11.2 Å². The Hall–Kier alpha value is -0.830. The average molecular weight is 310 g/mol. The third-order valence-corrected chi connectivity index (χ3v) is 4.57. The number of carbonyl (C=O) groups is 1. The fourth-order valence-electron chi connectivity index (χ4n) is 2.39. The van der Waals surface area contributed by atoms with Crippen molar-refractivity contribution in [2.24, 2.45) is 5.92 Å². The SMILES string of the molecule is O=C(CCc1ccccc1)N1CCC(CBr)CC1. The molecule has 0 unspecified atom stereocenters. The van der Waals surface area contributed by atoms with E-state index in [1.165, 1.54) is 5.56 Å². The number of alkyl halides is 1. The molecule has 1 saturated heterocycles. The fourth-order valence-corrected chi connectivity index (χ4v) is 3.04. The summed E-state index contributed by atoms with van der Waals surface area (Å²) < 4.78 is 0. The number of rotatable bonds is 4. The van der Waals surface area contributed by atoms with Gasteiger partial charge in [0.15, 0.2) is 0 Å². The molecule has 2 nitrogen and oxygen atoms in total. The molecular formula is C15H20BrNO. The molecule has 1 amide bonds. The lowest BCUT2D eigenvalue weighted by molar-refractivity contribution is -0.132. The van der Waals surface area contributed by atoms with Crippen LogP contribution >= 0.6 is 15.9 Å². The summed E-state index contributed by atoms with van der Waals surface area (Å²) in [7, 11) is 0. The molecule has 3 heteroatoms. The first-order valence-electron chi connectivity index (χ1n) is 6.67. The Balaban J connectivity index is 1.75. The molecule has 0 spiro atoms. The van der Waals surface area contributed by atoms with Gasteiger partial charge in [-0.3, -0.25) is 4.79 Å². The van der Waals surface area contributed by atoms with E-state index in [1.54, 1.807) is 0 Å². The van der Waals surface area contributed by atoms with Crippen LogP contribution in [0.4, 0.5) is 0 Å². The number of nitrogens with zero attached hydrogens (tertiary/aromatic N) is 1. The van der Waals surface area contributed by atoms with Crippen LogP contribution in [0.5, 0.6) is 0 Å². The Labute approximate surface area is 117 Å². The Bertz CT molecular complexity index is 371. The summed E-state index contributed by atoms with van der Waals surface area (Å²) in [6.07, 6.45) is 3.78. The van der Waals surface area contributed by atoms with Gasteiger partial charge in [-0.05, 0) is 30.7 Å². The molecule has 98 valence electrons. The van der Waals surface area contributed by atoms with Crippen molar-refractivity contribution in [1.82, 2.24) is 4.90 Å². The molecule has 0 bridgehead atoms. The molecule has 18 heavy (non-hydrogen) atoms. The number of benzene rings is 1. The van der Waals surface area contributed by atoms with E-state index in [-0.39, 0.29) is 0 Å². The van der Waals surface area contributed by atoms with Gasteiger partial charge in [0.25, 0.3) is 0 Å². The molecule has 0 aromatic heterocycles. The molecule has 1 aromatic carbocycles. The Morgan fingerprint density at radius 2 is 1.89 bits per heavy atom. The van der Waals surface area contributed by atoms with Gasteiger partial charge in [0.2, 0.25) is 5.91 Å². The minimum atomic E-state index is 0.312. The molecule has 0 saturated carbocycles. The largest absolute Gasteiger partial charge is 0.343 e. The second-order valence-electron chi connectivity index (χ2n) is 4.96. The summed E-state index contributed by atoms with van der Waals surface area (Å²) in [6, 6.07) is 10.2. The van der Waals surface area contributed by atoms with Gasteiger partial charge in [0, 0.05) is 24.8 Å². The van der Waals surface area contributed by atoms with Crippen LogP contribution in [0.25, 0.3) is 0 Å². The molecule has 0 aliphatic carbocycles. The second kappa shape index (κ2) is 6.93. The molecule has 1 aliphatic heterocycles. The summed E-state index contributed by atoms with van der Waals surface area (Å²) in [5, 5.41) is 1.07. The summed E-state index contributed by atoms with van der Waals surface area (Å²) >= 11 is 3.53. The van der Waals surface area contributed by atoms with Gasteiger partial charge in [-0.1, -0.05) is 46.3 Å². The molecule has 2 rings (SSSR count). The number of halogens is 1. The predicted molar refractivity (Wildman–Crippen MR) is 77.9 cm³/mol. The standard InChI is InChI=1S/C15H20BrNO/c16-12-14-8-10-17(11-9-14)15(18)7-6-13-4-2-1-3-5-13/h1-5,14H,6-12H2. The maximum atomic E-state index is 12.1. The maximum absolute atomic E-state index is 12.1. The quantitative estimate of drug-likeness (QED) is 0.782. The third-order valence-electron chi connectivity index (χ3n) is 3.66. The average Bonchev–Trinajstić information content (AvgIpc) is 2.46. The van der Waals surface area contributed by atoms with E-state index in [4.69, 9.17) is 0 Å². The highest BCUT2D eigenvalue weighted by Gasteiger charge is 2.21. The molecular weight excluding hydrogens is 290 g/mol. The van der Waals surface area contributed by atoms with E-state index in [0.717, 1.165) is 43.6 Å². The molecule has 0 radical (unpaired) electrons. The molecule has 0 atom stereocenters. The van der Waals surface area contributed by atoms with Crippen LogP contribution in [0, 0.1) is 5.92 Å². The highest BCUT2D eigenvalue weighted by Crippen LogP contribution is 2.19. The van der Waals surface area contributed by atoms with Crippen LogP contribution in [0.2, 0.25) is 0 Å². The number of hydrogen-bond donors (Lipinski definition) is 0. The molecule has 1 aliphatic rings. The van der Waals surface area contributed by atoms with Crippen LogP contribution in [-0.4, -0.2) is 29.2 Å². The second-order valence-corrected chi connectivity index (χ2v) is 5.61. The van der Waals surface area contributed by atoms with Gasteiger partial charge in [-0.2, -0.15) is 0 Å². The molecule has 0 N–H and O–H groups in total. The highest BCUT2D eigenvalue weighted by molar-refractivity contribution is 9.09. The van der Waals surface area contributed by atoms with Crippen molar-refractivity contribution < 1.29 is 4.79 Å². The normalized spacial score (nSPS) is 16.8. The van der Waals surface area contributed by atoms with Crippen LogP contribution < -0.4 is 0 Å². The van der Waals surface area contributed by atoms with Crippen molar-refractivity contribution in [3.05, 3.63) is 35.9 Å². The Morgan fingerprint density at radius 1 is 1.22 bits per heavy atom. The first-order chi connectivity index (χ1) is 8.79. The monoisotopic (exact) mass is 309 g/mol. The number of piperidine rings is 1. The number of hydrogen-bond acceptors (Lipinski definition) is 1. The van der Waals surface area contributed by atoms with Crippen molar-refractivity contribution in [3.63, 3.8) is 0 Å². The van der Waals surface area contributed by atoms with Crippen molar-refractivity contribution in [1.29, 1.82) is 0 Å². The van der Waals surface area contributed by atoms with Crippen LogP contribution in [0.15, 0.2) is 30.3 Å². The lowest BCUT2D eigenvalue weighted by Gasteiger charge is -2.31. The maximum Gasteiger partial charge on any atom is 0.222 e. The van der Waals surface area contributed by atoms with Crippen molar-refractivity contribution in [3.8, 4) is 0 Å². The Morgan fingerprint density at radius 3 is 2.50 bits per heavy atom. The van der Waals surface area contributed by atoms with E-state index in [2.05, 4.69) is 28.1 Å². The van der Waals surface area contributed by atoms with Crippen LogP contribution in [0.3, 0.4) is 0 Å². The zero-order valence-corrected chi connectivity index (χ0v) is 12.2. The van der Waals surface area contributed by atoms with Gasteiger partial charge in [-0.15, -0.1) is 0 Å². The van der Waals surface area contributed by atoms with Crippen molar-refractivity contribution in [2.75, 3.05) is 18.4 Å².